The van der Waals surface area contributed by atoms with E-state index in [4.69, 9.17) is 11.6 Å². The molecule has 0 aromatic carbocycles. The number of aromatic nitrogens is 1. The second kappa shape index (κ2) is 5.20. The normalized spacial score (nSPS) is 10.3. The number of anilines is 1. The van der Waals surface area contributed by atoms with Gasteiger partial charge in [-0.15, -0.1) is 11.6 Å². The van der Waals surface area contributed by atoms with Crippen molar-refractivity contribution in [2.24, 2.45) is 0 Å². The van der Waals surface area contributed by atoms with Crippen LogP contribution in [0.25, 0.3) is 0 Å². The minimum absolute atomic E-state index is 0.538. The SMILES string of the molecule is CCCN(C)c1ccc(CCl)c(C)n1. The summed E-state index contributed by atoms with van der Waals surface area (Å²) in [5, 5.41) is 0. The van der Waals surface area contributed by atoms with E-state index in [1.807, 2.05) is 13.0 Å². The number of rotatable bonds is 4. The molecule has 0 aliphatic heterocycles. The number of halogens is 1. The molecule has 0 aliphatic rings. The van der Waals surface area contributed by atoms with Crippen molar-refractivity contribution in [2.75, 3.05) is 18.5 Å². The molecule has 0 bridgehead atoms. The number of hydrogen-bond acceptors (Lipinski definition) is 2. The molecule has 0 spiro atoms. The molecule has 1 heterocycles. The predicted molar refractivity (Wildman–Crippen MR) is 62.1 cm³/mol. The Balaban J connectivity index is 2.85. The fraction of sp³-hybridized carbons (Fsp3) is 0.545. The molecule has 0 N–H and O–H groups in total. The fourth-order valence-corrected chi connectivity index (χ4v) is 1.66. The third-order valence-corrected chi connectivity index (χ3v) is 2.56. The topological polar surface area (TPSA) is 16.1 Å². The predicted octanol–water partition coefficient (Wildman–Crippen LogP) is 2.98. The van der Waals surface area contributed by atoms with Gasteiger partial charge in [-0.2, -0.15) is 0 Å². The molecule has 0 saturated carbocycles. The highest BCUT2D eigenvalue weighted by molar-refractivity contribution is 6.17. The van der Waals surface area contributed by atoms with E-state index in [-0.39, 0.29) is 0 Å². The second-order valence-electron chi connectivity index (χ2n) is 3.47. The van der Waals surface area contributed by atoms with Gasteiger partial charge in [-0.05, 0) is 25.0 Å². The Labute approximate surface area is 90.9 Å². The number of pyridine rings is 1. The molecule has 1 rings (SSSR count). The van der Waals surface area contributed by atoms with Gasteiger partial charge in [-0.1, -0.05) is 13.0 Å². The van der Waals surface area contributed by atoms with Crippen LogP contribution in [0.4, 0.5) is 5.82 Å². The van der Waals surface area contributed by atoms with Gasteiger partial charge in [0.25, 0.3) is 0 Å². The molecule has 14 heavy (non-hydrogen) atoms. The van der Waals surface area contributed by atoms with Crippen LogP contribution in [0.15, 0.2) is 12.1 Å². The van der Waals surface area contributed by atoms with E-state index in [1.54, 1.807) is 0 Å². The fourth-order valence-electron chi connectivity index (χ4n) is 1.38. The molecule has 1 aromatic rings. The van der Waals surface area contributed by atoms with Gasteiger partial charge in [0.2, 0.25) is 0 Å². The summed E-state index contributed by atoms with van der Waals surface area (Å²) < 4.78 is 0. The van der Waals surface area contributed by atoms with Crippen molar-refractivity contribution < 1.29 is 0 Å². The first kappa shape index (κ1) is 11.3. The molecule has 0 amide bonds. The summed E-state index contributed by atoms with van der Waals surface area (Å²) in [4.78, 5) is 6.66. The van der Waals surface area contributed by atoms with E-state index in [0.717, 1.165) is 30.0 Å². The molecule has 0 aliphatic carbocycles. The molecule has 3 heteroatoms. The average Bonchev–Trinajstić information content (AvgIpc) is 2.18. The summed E-state index contributed by atoms with van der Waals surface area (Å²) in [7, 11) is 2.06. The third-order valence-electron chi connectivity index (χ3n) is 2.27. The lowest BCUT2D eigenvalue weighted by molar-refractivity contribution is 0.833. The smallest absolute Gasteiger partial charge is 0.128 e. The highest BCUT2D eigenvalue weighted by Gasteiger charge is 2.03. The molecule has 78 valence electrons. The summed E-state index contributed by atoms with van der Waals surface area (Å²) in [6.45, 7) is 5.20. The maximum atomic E-state index is 5.77. The van der Waals surface area contributed by atoms with Gasteiger partial charge in [0, 0.05) is 25.2 Å². The van der Waals surface area contributed by atoms with Crippen LogP contribution >= 0.6 is 11.6 Å². The van der Waals surface area contributed by atoms with Crippen molar-refractivity contribution in [2.45, 2.75) is 26.1 Å². The first-order valence-electron chi connectivity index (χ1n) is 4.92. The van der Waals surface area contributed by atoms with Crippen LogP contribution in [-0.4, -0.2) is 18.6 Å². The zero-order valence-electron chi connectivity index (χ0n) is 9.05. The average molecular weight is 213 g/mol. The minimum atomic E-state index is 0.538. The zero-order valence-corrected chi connectivity index (χ0v) is 9.80. The van der Waals surface area contributed by atoms with Gasteiger partial charge >= 0.3 is 0 Å². The van der Waals surface area contributed by atoms with Gasteiger partial charge in [0.15, 0.2) is 0 Å². The standard InChI is InChI=1S/C11H17ClN2/c1-4-7-14(3)11-6-5-10(8-12)9(2)13-11/h5-6H,4,7-8H2,1-3H3. The van der Waals surface area contributed by atoms with Gasteiger partial charge in [0.05, 0.1) is 0 Å². The lowest BCUT2D eigenvalue weighted by Gasteiger charge is -2.18. The minimum Gasteiger partial charge on any atom is -0.360 e. The molecular weight excluding hydrogens is 196 g/mol. The summed E-state index contributed by atoms with van der Waals surface area (Å²) >= 11 is 5.77. The maximum Gasteiger partial charge on any atom is 0.128 e. The molecule has 0 unspecified atom stereocenters. The van der Waals surface area contributed by atoms with Crippen molar-refractivity contribution in [3.05, 3.63) is 23.4 Å². The van der Waals surface area contributed by atoms with Gasteiger partial charge in [-0.3, -0.25) is 0 Å². The first-order chi connectivity index (χ1) is 6.69. The van der Waals surface area contributed by atoms with Crippen LogP contribution in [0.1, 0.15) is 24.6 Å². The van der Waals surface area contributed by atoms with Gasteiger partial charge in [-0.25, -0.2) is 4.98 Å². The number of alkyl halides is 1. The molecule has 2 nitrogen and oxygen atoms in total. The molecule has 0 radical (unpaired) electrons. The molecule has 0 fully saturated rings. The van der Waals surface area contributed by atoms with Crippen LogP contribution in [0, 0.1) is 6.92 Å². The van der Waals surface area contributed by atoms with Crippen molar-refractivity contribution >= 4 is 17.4 Å². The third kappa shape index (κ3) is 2.61. The van der Waals surface area contributed by atoms with Crippen LogP contribution in [0.5, 0.6) is 0 Å². The summed E-state index contributed by atoms with van der Waals surface area (Å²) in [5.41, 5.74) is 2.14. The largest absolute Gasteiger partial charge is 0.360 e. The Morgan fingerprint density at radius 1 is 1.43 bits per heavy atom. The summed E-state index contributed by atoms with van der Waals surface area (Å²) in [6, 6.07) is 4.08. The number of hydrogen-bond donors (Lipinski definition) is 0. The van der Waals surface area contributed by atoms with E-state index < -0.39 is 0 Å². The van der Waals surface area contributed by atoms with Crippen LogP contribution in [0.2, 0.25) is 0 Å². The molecule has 0 atom stereocenters. The van der Waals surface area contributed by atoms with E-state index >= 15 is 0 Å². The van der Waals surface area contributed by atoms with Crippen molar-refractivity contribution in [3.63, 3.8) is 0 Å². The van der Waals surface area contributed by atoms with Crippen LogP contribution in [-0.2, 0) is 5.88 Å². The van der Waals surface area contributed by atoms with Crippen LogP contribution in [0.3, 0.4) is 0 Å². The van der Waals surface area contributed by atoms with Gasteiger partial charge < -0.3 is 4.90 Å². The Kier molecular flexibility index (Phi) is 4.21. The highest BCUT2D eigenvalue weighted by Crippen LogP contribution is 2.15. The lowest BCUT2D eigenvalue weighted by Crippen LogP contribution is -2.19. The first-order valence-corrected chi connectivity index (χ1v) is 5.46. The Hall–Kier alpha value is -0.760. The quantitative estimate of drug-likeness (QED) is 0.714. The Morgan fingerprint density at radius 2 is 2.14 bits per heavy atom. The zero-order chi connectivity index (χ0) is 10.6. The highest BCUT2D eigenvalue weighted by atomic mass is 35.5. The van der Waals surface area contributed by atoms with Crippen molar-refractivity contribution in [1.82, 2.24) is 4.98 Å². The maximum absolute atomic E-state index is 5.77. The van der Waals surface area contributed by atoms with E-state index in [1.165, 1.54) is 0 Å². The van der Waals surface area contributed by atoms with E-state index in [0.29, 0.717) is 5.88 Å². The number of aryl methyl sites for hydroxylation is 1. The van der Waals surface area contributed by atoms with Crippen molar-refractivity contribution in [1.29, 1.82) is 0 Å². The monoisotopic (exact) mass is 212 g/mol. The summed E-state index contributed by atoms with van der Waals surface area (Å²) in [5.74, 6) is 1.56. The molecule has 0 saturated heterocycles. The molecule has 1 aromatic heterocycles. The Morgan fingerprint density at radius 3 is 2.64 bits per heavy atom. The van der Waals surface area contributed by atoms with Crippen LogP contribution < -0.4 is 4.90 Å². The lowest BCUT2D eigenvalue weighted by atomic mass is 10.2. The van der Waals surface area contributed by atoms with Crippen molar-refractivity contribution in [3.8, 4) is 0 Å². The second-order valence-corrected chi connectivity index (χ2v) is 3.74. The van der Waals surface area contributed by atoms with Gasteiger partial charge in [0.1, 0.15) is 5.82 Å². The number of nitrogens with zero attached hydrogens (tertiary/aromatic N) is 2. The molecular formula is C11H17ClN2. The van der Waals surface area contributed by atoms with E-state index in [2.05, 4.69) is 29.9 Å². The Bertz CT molecular complexity index is 299. The summed E-state index contributed by atoms with van der Waals surface area (Å²) in [6.07, 6.45) is 1.13. The van der Waals surface area contributed by atoms with E-state index in [9.17, 15) is 0 Å².